The Morgan fingerprint density at radius 2 is 2.00 bits per heavy atom. The van der Waals surface area contributed by atoms with Crippen LogP contribution in [0.1, 0.15) is 27.7 Å². The van der Waals surface area contributed by atoms with E-state index >= 15 is 0 Å². The number of hydrogen-bond donors (Lipinski definition) is 3. The van der Waals surface area contributed by atoms with Crippen molar-refractivity contribution in [3.05, 3.63) is 0 Å². The van der Waals surface area contributed by atoms with Crippen LogP contribution < -0.4 is 5.32 Å². The van der Waals surface area contributed by atoms with E-state index in [0.29, 0.717) is 0 Å². The van der Waals surface area contributed by atoms with Crippen LogP contribution in [-0.2, 0) is 4.74 Å². The van der Waals surface area contributed by atoms with Crippen molar-refractivity contribution in [2.24, 2.45) is 0 Å². The van der Waals surface area contributed by atoms with Gasteiger partial charge in [-0.3, -0.25) is 0 Å². The zero-order valence-electron chi connectivity index (χ0n) is 9.07. The minimum atomic E-state index is -1.16. The predicted octanol–water partition coefficient (Wildman–Crippen LogP) is 0.819. The summed E-state index contributed by atoms with van der Waals surface area (Å²) >= 11 is 0. The molecule has 0 aliphatic rings. The zero-order valence-corrected chi connectivity index (χ0v) is 9.07. The van der Waals surface area contributed by atoms with Gasteiger partial charge in [0.05, 0.1) is 24.4 Å². The quantitative estimate of drug-likeness (QED) is 0.635. The van der Waals surface area contributed by atoms with Gasteiger partial charge in [0.1, 0.15) is 0 Å². The number of carboxylic acid groups (broad SMARTS) is 1. The van der Waals surface area contributed by atoms with Gasteiger partial charge in [-0.2, -0.15) is 0 Å². The first-order valence-corrected chi connectivity index (χ1v) is 4.54. The lowest BCUT2D eigenvalue weighted by molar-refractivity contribution is -0.0717. The van der Waals surface area contributed by atoms with Crippen LogP contribution >= 0.6 is 0 Å². The molecule has 14 heavy (non-hydrogen) atoms. The van der Waals surface area contributed by atoms with E-state index in [9.17, 15) is 4.79 Å². The number of carbonyl (C=O) groups is 1. The molecular formula is C9H19NO4. The summed E-state index contributed by atoms with van der Waals surface area (Å²) in [5.74, 6) is 0. The van der Waals surface area contributed by atoms with Crippen molar-refractivity contribution < 1.29 is 19.7 Å². The van der Waals surface area contributed by atoms with Crippen LogP contribution in [0.3, 0.4) is 0 Å². The molecule has 0 rings (SSSR count). The van der Waals surface area contributed by atoms with E-state index < -0.39 is 12.1 Å². The maximum absolute atomic E-state index is 10.4. The lowest BCUT2D eigenvalue weighted by Crippen LogP contribution is -2.47. The molecule has 0 aromatic carbocycles. The van der Waals surface area contributed by atoms with Gasteiger partial charge in [-0.15, -0.1) is 0 Å². The molecule has 5 heteroatoms. The highest BCUT2D eigenvalue weighted by atomic mass is 16.5. The maximum atomic E-state index is 10.4. The molecule has 0 aromatic rings. The number of hydrogen-bond acceptors (Lipinski definition) is 3. The van der Waals surface area contributed by atoms with E-state index in [2.05, 4.69) is 5.32 Å². The highest BCUT2D eigenvalue weighted by molar-refractivity contribution is 5.64. The van der Waals surface area contributed by atoms with Crippen LogP contribution in [0.25, 0.3) is 0 Å². The molecule has 0 radical (unpaired) electrons. The fourth-order valence-electron chi connectivity index (χ4n) is 1.11. The molecule has 0 saturated carbocycles. The molecule has 0 bridgehead atoms. The van der Waals surface area contributed by atoms with Crippen LogP contribution in [0.15, 0.2) is 0 Å². The molecule has 0 heterocycles. The first kappa shape index (κ1) is 13.2. The molecule has 0 aliphatic heterocycles. The predicted molar refractivity (Wildman–Crippen MR) is 52.3 cm³/mol. The van der Waals surface area contributed by atoms with E-state index in [1.807, 2.05) is 20.8 Å². The third-order valence-electron chi connectivity index (χ3n) is 1.61. The normalized spacial score (nSPS) is 16.1. The Morgan fingerprint density at radius 1 is 1.50 bits per heavy atom. The van der Waals surface area contributed by atoms with E-state index in [4.69, 9.17) is 14.9 Å². The van der Waals surface area contributed by atoms with Crippen LogP contribution in [0, 0.1) is 0 Å². The Labute approximate surface area is 84.1 Å². The van der Waals surface area contributed by atoms with Crippen molar-refractivity contribution in [2.75, 3.05) is 6.61 Å². The third-order valence-corrected chi connectivity index (χ3v) is 1.61. The molecule has 5 nitrogen and oxygen atoms in total. The minimum Gasteiger partial charge on any atom is -0.465 e. The van der Waals surface area contributed by atoms with Crippen LogP contribution in [0.2, 0.25) is 0 Å². The lowest BCUT2D eigenvalue weighted by atomic mass is 10.1. The van der Waals surface area contributed by atoms with Gasteiger partial charge in [0, 0.05) is 0 Å². The van der Waals surface area contributed by atoms with Crippen molar-refractivity contribution in [1.82, 2.24) is 5.32 Å². The SMILES string of the molecule is C[C@@H](OC(C)(C)C)C(CO)NC(=O)O. The number of nitrogens with one attached hydrogen (secondary N) is 1. The second-order valence-electron chi connectivity index (χ2n) is 4.17. The largest absolute Gasteiger partial charge is 0.465 e. The molecule has 84 valence electrons. The van der Waals surface area contributed by atoms with Gasteiger partial charge in [0.2, 0.25) is 0 Å². The second kappa shape index (κ2) is 5.17. The fourth-order valence-corrected chi connectivity index (χ4v) is 1.11. The summed E-state index contributed by atoms with van der Waals surface area (Å²) in [6.07, 6.45) is -1.52. The molecule has 0 fully saturated rings. The van der Waals surface area contributed by atoms with Crippen molar-refractivity contribution >= 4 is 6.09 Å². The van der Waals surface area contributed by atoms with Crippen molar-refractivity contribution in [3.63, 3.8) is 0 Å². The summed E-state index contributed by atoms with van der Waals surface area (Å²) in [5.41, 5.74) is -0.354. The summed E-state index contributed by atoms with van der Waals surface area (Å²) in [4.78, 5) is 10.4. The smallest absolute Gasteiger partial charge is 0.405 e. The van der Waals surface area contributed by atoms with Crippen LogP contribution in [-0.4, -0.2) is 40.7 Å². The highest BCUT2D eigenvalue weighted by Crippen LogP contribution is 2.12. The van der Waals surface area contributed by atoms with Gasteiger partial charge in [0.15, 0.2) is 0 Å². The van der Waals surface area contributed by atoms with E-state index in [1.165, 1.54) is 0 Å². The second-order valence-corrected chi connectivity index (χ2v) is 4.17. The minimum absolute atomic E-state index is 0.274. The molecule has 0 aliphatic carbocycles. The Kier molecular flexibility index (Phi) is 4.87. The molecule has 3 N–H and O–H groups in total. The fraction of sp³-hybridized carbons (Fsp3) is 0.889. The Bertz CT molecular complexity index is 188. The van der Waals surface area contributed by atoms with Gasteiger partial charge in [0.25, 0.3) is 0 Å². The zero-order chi connectivity index (χ0) is 11.4. The van der Waals surface area contributed by atoms with Crippen LogP contribution in [0.5, 0.6) is 0 Å². The number of amides is 1. The average Bonchev–Trinajstić information content (AvgIpc) is 1.96. The highest BCUT2D eigenvalue weighted by Gasteiger charge is 2.23. The molecule has 1 unspecified atom stereocenters. The van der Waals surface area contributed by atoms with Crippen molar-refractivity contribution in [2.45, 2.75) is 45.4 Å². The Morgan fingerprint density at radius 3 is 2.29 bits per heavy atom. The molecular weight excluding hydrogens is 186 g/mol. The maximum Gasteiger partial charge on any atom is 0.405 e. The number of aliphatic hydroxyl groups is 1. The van der Waals surface area contributed by atoms with Crippen molar-refractivity contribution in [1.29, 1.82) is 0 Å². The summed E-state index contributed by atoms with van der Waals surface area (Å²) < 4.78 is 5.51. The van der Waals surface area contributed by atoms with E-state index in [1.54, 1.807) is 6.92 Å². The number of ether oxygens (including phenoxy) is 1. The van der Waals surface area contributed by atoms with E-state index in [-0.39, 0.29) is 18.3 Å². The summed E-state index contributed by atoms with van der Waals surface area (Å²) in [7, 11) is 0. The van der Waals surface area contributed by atoms with Crippen LogP contribution in [0.4, 0.5) is 4.79 Å². The summed E-state index contributed by atoms with van der Waals surface area (Å²) in [6.45, 7) is 7.07. The Hall–Kier alpha value is -0.810. The molecule has 1 amide bonds. The first-order valence-electron chi connectivity index (χ1n) is 4.54. The standard InChI is InChI=1S/C9H19NO4/c1-6(14-9(2,3)4)7(5-11)10-8(12)13/h6-7,10-11H,5H2,1-4H3,(H,12,13)/t6-,7?/m1/s1. The molecule has 0 saturated heterocycles. The van der Waals surface area contributed by atoms with Crippen molar-refractivity contribution in [3.8, 4) is 0 Å². The van der Waals surface area contributed by atoms with Gasteiger partial charge >= 0.3 is 6.09 Å². The lowest BCUT2D eigenvalue weighted by Gasteiger charge is -2.29. The molecule has 2 atom stereocenters. The molecule has 0 spiro atoms. The topological polar surface area (TPSA) is 78.8 Å². The number of rotatable bonds is 4. The van der Waals surface area contributed by atoms with E-state index in [0.717, 1.165) is 0 Å². The Balaban J connectivity index is 4.17. The average molecular weight is 205 g/mol. The third kappa shape index (κ3) is 5.77. The van der Waals surface area contributed by atoms with Gasteiger partial charge in [-0.05, 0) is 27.7 Å². The van der Waals surface area contributed by atoms with Gasteiger partial charge in [-0.25, -0.2) is 4.79 Å². The number of aliphatic hydroxyl groups excluding tert-OH is 1. The summed E-state index contributed by atoms with van der Waals surface area (Å²) in [6, 6.07) is -0.591. The van der Waals surface area contributed by atoms with Gasteiger partial charge in [-0.1, -0.05) is 0 Å². The van der Waals surface area contributed by atoms with Gasteiger partial charge < -0.3 is 20.3 Å². The first-order chi connectivity index (χ1) is 6.26. The summed E-state index contributed by atoms with van der Waals surface area (Å²) in [5, 5.41) is 19.6. The monoisotopic (exact) mass is 205 g/mol. The molecule has 0 aromatic heterocycles.